The normalized spacial score (nSPS) is 21.9. The van der Waals surface area contributed by atoms with E-state index >= 15 is 0 Å². The number of fused-ring (bicyclic) bond motifs is 1. The molecule has 2 fully saturated rings. The van der Waals surface area contributed by atoms with Crippen LogP contribution in [0.5, 0.6) is 11.5 Å². The average molecular weight is 488 g/mol. The van der Waals surface area contributed by atoms with Gasteiger partial charge in [-0.1, -0.05) is 30.3 Å². The Morgan fingerprint density at radius 3 is 2.38 bits per heavy atom. The lowest BCUT2D eigenvalue weighted by Gasteiger charge is -2.34. The molecule has 2 saturated heterocycles. The van der Waals surface area contributed by atoms with Crippen molar-refractivity contribution in [3.8, 4) is 11.5 Å². The highest BCUT2D eigenvalue weighted by Crippen LogP contribution is 2.35. The summed E-state index contributed by atoms with van der Waals surface area (Å²) < 4.78 is 44.9. The molecule has 2 aromatic carbocycles. The number of morpholine rings is 1. The molecule has 1 atom stereocenters. The molecule has 1 amide bonds. The summed E-state index contributed by atoms with van der Waals surface area (Å²) in [6, 6.07) is 14.8. The summed E-state index contributed by atoms with van der Waals surface area (Å²) in [5.41, 5.74) is 1.22. The van der Waals surface area contributed by atoms with E-state index in [0.717, 1.165) is 6.54 Å². The molecule has 0 N–H and O–H groups in total. The van der Waals surface area contributed by atoms with E-state index in [-0.39, 0.29) is 17.4 Å². The summed E-state index contributed by atoms with van der Waals surface area (Å²) in [5, 5.41) is 0. The predicted octanol–water partition coefficient (Wildman–Crippen LogP) is 1.19. The Labute approximate surface area is 199 Å². The SMILES string of the molecule is O=C([C@@H]1COc2cc(S(=O)(=O)N3CCN(Cc4ccccc4)CC3)ccc2O1)N1CCOCC1. The lowest BCUT2D eigenvalue weighted by atomic mass is 10.2. The van der Waals surface area contributed by atoms with E-state index in [1.807, 2.05) is 18.2 Å². The van der Waals surface area contributed by atoms with Gasteiger partial charge in [-0.25, -0.2) is 8.42 Å². The number of amides is 1. The maximum atomic E-state index is 13.3. The number of ether oxygens (including phenoxy) is 3. The number of piperazine rings is 1. The third kappa shape index (κ3) is 4.90. The van der Waals surface area contributed by atoms with E-state index in [2.05, 4.69) is 17.0 Å². The van der Waals surface area contributed by atoms with Gasteiger partial charge in [0.25, 0.3) is 5.91 Å². The Morgan fingerprint density at radius 1 is 0.912 bits per heavy atom. The fourth-order valence-corrected chi connectivity index (χ4v) is 5.88. The molecule has 3 aliphatic rings. The first-order valence-electron chi connectivity index (χ1n) is 11.6. The van der Waals surface area contributed by atoms with Crippen LogP contribution in [0.15, 0.2) is 53.4 Å². The zero-order chi connectivity index (χ0) is 23.5. The van der Waals surface area contributed by atoms with Crippen molar-refractivity contribution in [3.63, 3.8) is 0 Å². The van der Waals surface area contributed by atoms with Gasteiger partial charge in [0, 0.05) is 51.9 Å². The Kier molecular flexibility index (Phi) is 6.73. The quantitative estimate of drug-likeness (QED) is 0.626. The average Bonchev–Trinajstić information content (AvgIpc) is 2.89. The van der Waals surface area contributed by atoms with Gasteiger partial charge < -0.3 is 19.1 Å². The molecule has 3 aliphatic heterocycles. The van der Waals surface area contributed by atoms with Gasteiger partial charge in [0.15, 0.2) is 11.5 Å². The third-order valence-corrected chi connectivity index (χ3v) is 8.29. The first-order chi connectivity index (χ1) is 16.5. The number of hydrogen-bond acceptors (Lipinski definition) is 7. The van der Waals surface area contributed by atoms with Crippen LogP contribution in [-0.4, -0.2) is 93.6 Å². The van der Waals surface area contributed by atoms with Gasteiger partial charge in [-0.15, -0.1) is 0 Å². The maximum Gasteiger partial charge on any atom is 0.267 e. The summed E-state index contributed by atoms with van der Waals surface area (Å²) in [7, 11) is -3.66. The molecule has 10 heteroatoms. The first kappa shape index (κ1) is 23.1. The minimum atomic E-state index is -3.66. The molecule has 182 valence electrons. The van der Waals surface area contributed by atoms with Gasteiger partial charge in [0.1, 0.15) is 6.61 Å². The second-order valence-corrected chi connectivity index (χ2v) is 10.6. The smallest absolute Gasteiger partial charge is 0.267 e. The van der Waals surface area contributed by atoms with Crippen molar-refractivity contribution in [2.24, 2.45) is 0 Å². The van der Waals surface area contributed by atoms with Crippen molar-refractivity contribution in [1.29, 1.82) is 0 Å². The molecule has 2 aromatic rings. The van der Waals surface area contributed by atoms with E-state index in [9.17, 15) is 13.2 Å². The zero-order valence-electron chi connectivity index (χ0n) is 19.0. The monoisotopic (exact) mass is 487 g/mol. The number of nitrogens with zero attached hydrogens (tertiary/aromatic N) is 3. The van der Waals surface area contributed by atoms with Crippen molar-refractivity contribution in [3.05, 3.63) is 54.1 Å². The van der Waals surface area contributed by atoms with E-state index in [1.165, 1.54) is 22.0 Å². The Hall–Kier alpha value is -2.66. The Balaban J connectivity index is 1.21. The number of carbonyl (C=O) groups excluding carboxylic acids is 1. The lowest BCUT2D eigenvalue weighted by molar-refractivity contribution is -0.145. The summed E-state index contributed by atoms with van der Waals surface area (Å²) >= 11 is 0. The zero-order valence-corrected chi connectivity index (χ0v) is 19.8. The molecule has 34 heavy (non-hydrogen) atoms. The van der Waals surface area contributed by atoms with Crippen LogP contribution in [-0.2, 0) is 26.1 Å². The second-order valence-electron chi connectivity index (χ2n) is 8.63. The molecular formula is C24H29N3O6S. The van der Waals surface area contributed by atoms with Crippen molar-refractivity contribution < 1.29 is 27.4 Å². The largest absolute Gasteiger partial charge is 0.485 e. The molecule has 0 radical (unpaired) electrons. The molecule has 0 spiro atoms. The van der Waals surface area contributed by atoms with Gasteiger partial charge in [-0.05, 0) is 17.7 Å². The van der Waals surface area contributed by atoms with Crippen molar-refractivity contribution in [2.45, 2.75) is 17.5 Å². The minimum absolute atomic E-state index is 0.0465. The van der Waals surface area contributed by atoms with Gasteiger partial charge >= 0.3 is 0 Å². The second kappa shape index (κ2) is 9.91. The number of benzene rings is 2. The van der Waals surface area contributed by atoms with Crippen LogP contribution in [0.1, 0.15) is 5.56 Å². The Morgan fingerprint density at radius 2 is 1.65 bits per heavy atom. The van der Waals surface area contributed by atoms with Crippen molar-refractivity contribution >= 4 is 15.9 Å². The molecule has 3 heterocycles. The van der Waals surface area contributed by atoms with E-state index in [0.29, 0.717) is 64.0 Å². The number of sulfonamides is 1. The van der Waals surface area contributed by atoms with Crippen LogP contribution in [0.4, 0.5) is 0 Å². The molecule has 9 nitrogen and oxygen atoms in total. The highest BCUT2D eigenvalue weighted by molar-refractivity contribution is 7.89. The van der Waals surface area contributed by atoms with Crippen LogP contribution < -0.4 is 9.47 Å². The number of hydrogen-bond donors (Lipinski definition) is 0. The molecule has 5 rings (SSSR count). The highest BCUT2D eigenvalue weighted by Gasteiger charge is 2.34. The van der Waals surface area contributed by atoms with Gasteiger partial charge in [0.05, 0.1) is 18.1 Å². The van der Waals surface area contributed by atoms with Crippen LogP contribution in [0.3, 0.4) is 0 Å². The van der Waals surface area contributed by atoms with Crippen LogP contribution in [0.25, 0.3) is 0 Å². The summed E-state index contributed by atoms with van der Waals surface area (Å²) in [4.78, 5) is 16.8. The molecule has 0 aliphatic carbocycles. The van der Waals surface area contributed by atoms with Crippen LogP contribution in [0.2, 0.25) is 0 Å². The first-order valence-corrected chi connectivity index (χ1v) is 13.0. The highest BCUT2D eigenvalue weighted by atomic mass is 32.2. The fourth-order valence-electron chi connectivity index (χ4n) is 4.44. The van der Waals surface area contributed by atoms with E-state index < -0.39 is 16.1 Å². The standard InChI is InChI=1S/C24H29N3O6S/c28-24(26-12-14-31-15-13-26)23-18-32-22-16-20(6-7-21(22)33-23)34(29,30)27-10-8-25(9-11-27)17-19-4-2-1-3-5-19/h1-7,16,23H,8-15,17-18H2/t23-/m0/s1. The lowest BCUT2D eigenvalue weighted by Crippen LogP contribution is -2.50. The van der Waals surface area contributed by atoms with Crippen LogP contribution in [0, 0.1) is 0 Å². The van der Waals surface area contributed by atoms with Crippen molar-refractivity contribution in [1.82, 2.24) is 14.1 Å². The molecule has 0 unspecified atom stereocenters. The Bertz CT molecular complexity index is 1110. The predicted molar refractivity (Wildman–Crippen MR) is 124 cm³/mol. The summed E-state index contributed by atoms with van der Waals surface area (Å²) in [6.45, 7) is 5.14. The third-order valence-electron chi connectivity index (χ3n) is 6.39. The van der Waals surface area contributed by atoms with Gasteiger partial charge in [0.2, 0.25) is 16.1 Å². The fraction of sp³-hybridized carbons (Fsp3) is 0.458. The molecular weight excluding hydrogens is 458 g/mol. The van der Waals surface area contributed by atoms with E-state index in [4.69, 9.17) is 14.2 Å². The topological polar surface area (TPSA) is 88.6 Å². The van der Waals surface area contributed by atoms with E-state index in [1.54, 1.807) is 11.0 Å². The molecule has 0 aromatic heterocycles. The number of rotatable bonds is 5. The van der Waals surface area contributed by atoms with Gasteiger partial charge in [-0.3, -0.25) is 9.69 Å². The molecule has 0 saturated carbocycles. The molecule has 0 bridgehead atoms. The summed E-state index contributed by atoms with van der Waals surface area (Å²) in [6.07, 6.45) is -0.745. The maximum absolute atomic E-state index is 13.3. The summed E-state index contributed by atoms with van der Waals surface area (Å²) in [5.74, 6) is 0.582. The van der Waals surface area contributed by atoms with Gasteiger partial charge in [-0.2, -0.15) is 4.31 Å². The van der Waals surface area contributed by atoms with Crippen LogP contribution >= 0.6 is 0 Å². The number of carbonyl (C=O) groups is 1. The van der Waals surface area contributed by atoms with Crippen molar-refractivity contribution in [2.75, 3.05) is 59.1 Å². The minimum Gasteiger partial charge on any atom is -0.485 e.